The Morgan fingerprint density at radius 2 is 2.03 bits per heavy atom. The van der Waals surface area contributed by atoms with Crippen molar-refractivity contribution in [1.82, 2.24) is 19.7 Å². The molecule has 0 saturated carbocycles. The number of thiazole rings is 1. The molecule has 1 N–H and O–H groups in total. The average Bonchev–Trinajstić information content (AvgIpc) is 3.07. The molecule has 7 nitrogen and oxygen atoms in total. The number of fused-ring (bicyclic) bond motifs is 1. The minimum Gasteiger partial charge on any atom is -0.491 e. The number of aromatic nitrogens is 1. The first-order valence-electron chi connectivity index (χ1n) is 10.7. The van der Waals surface area contributed by atoms with Crippen LogP contribution >= 0.6 is 23.1 Å². The summed E-state index contributed by atoms with van der Waals surface area (Å²) in [5.74, 6) is 1.41. The number of nitrogens with zero attached hydrogens (tertiary/aromatic N) is 4. The molecule has 1 saturated heterocycles. The Bertz CT molecular complexity index is 883. The molecule has 0 unspecified atom stereocenters. The van der Waals surface area contributed by atoms with Crippen molar-refractivity contribution in [1.29, 1.82) is 0 Å². The summed E-state index contributed by atoms with van der Waals surface area (Å²) < 4.78 is 6.87. The van der Waals surface area contributed by atoms with E-state index in [1.54, 1.807) is 11.3 Å². The van der Waals surface area contributed by atoms with Crippen molar-refractivity contribution < 1.29 is 14.6 Å². The number of amides is 1. The summed E-state index contributed by atoms with van der Waals surface area (Å²) in [6, 6.07) is 6.38. The summed E-state index contributed by atoms with van der Waals surface area (Å²) in [5, 5.41) is 11.1. The van der Waals surface area contributed by atoms with Gasteiger partial charge in [-0.2, -0.15) is 0 Å². The molecular weight excluding hydrogens is 432 g/mol. The Balaban J connectivity index is 1.34. The van der Waals surface area contributed by atoms with Gasteiger partial charge < -0.3 is 14.7 Å². The van der Waals surface area contributed by atoms with E-state index < -0.39 is 0 Å². The van der Waals surface area contributed by atoms with Crippen LogP contribution in [-0.2, 0) is 17.9 Å². The number of benzene rings is 1. The van der Waals surface area contributed by atoms with Gasteiger partial charge in [0.15, 0.2) is 4.34 Å². The van der Waals surface area contributed by atoms with Crippen LogP contribution in [0.5, 0.6) is 5.75 Å². The largest absolute Gasteiger partial charge is 0.491 e. The molecule has 0 bridgehead atoms. The lowest BCUT2D eigenvalue weighted by atomic mass is 10.1. The SMILES string of the molecule is Cc1csc(SCC(=O)N2CCOc3ccc(CN4CCN(CCO)CC4)cc3C2)n1. The lowest BCUT2D eigenvalue weighted by molar-refractivity contribution is -0.129. The molecule has 1 fully saturated rings. The highest BCUT2D eigenvalue weighted by molar-refractivity contribution is 8.01. The number of aryl methyl sites for hydroxylation is 1. The van der Waals surface area contributed by atoms with Gasteiger partial charge in [0.1, 0.15) is 12.4 Å². The predicted molar refractivity (Wildman–Crippen MR) is 124 cm³/mol. The van der Waals surface area contributed by atoms with Gasteiger partial charge in [0.05, 0.1) is 18.9 Å². The van der Waals surface area contributed by atoms with Gasteiger partial charge in [0.25, 0.3) is 0 Å². The first-order chi connectivity index (χ1) is 15.1. The number of hydrogen-bond donors (Lipinski definition) is 1. The minimum atomic E-state index is 0.125. The molecule has 2 aliphatic rings. The van der Waals surface area contributed by atoms with E-state index in [1.165, 1.54) is 17.3 Å². The number of piperazine rings is 1. The van der Waals surface area contributed by atoms with Crippen molar-refractivity contribution in [3.63, 3.8) is 0 Å². The van der Waals surface area contributed by atoms with Crippen LogP contribution in [0.25, 0.3) is 0 Å². The molecule has 0 spiro atoms. The van der Waals surface area contributed by atoms with Crippen LogP contribution in [0.2, 0.25) is 0 Å². The number of aliphatic hydroxyl groups is 1. The number of carbonyl (C=O) groups excluding carboxylic acids is 1. The molecule has 1 aromatic heterocycles. The van der Waals surface area contributed by atoms with Gasteiger partial charge in [0, 0.05) is 62.5 Å². The van der Waals surface area contributed by atoms with Crippen molar-refractivity contribution in [2.24, 2.45) is 0 Å². The summed E-state index contributed by atoms with van der Waals surface area (Å²) in [5.41, 5.74) is 3.33. The van der Waals surface area contributed by atoms with Crippen molar-refractivity contribution in [2.45, 2.75) is 24.4 Å². The normalized spacial score (nSPS) is 17.8. The van der Waals surface area contributed by atoms with Gasteiger partial charge in [-0.15, -0.1) is 11.3 Å². The Kier molecular flexibility index (Phi) is 7.84. The second-order valence-electron chi connectivity index (χ2n) is 7.99. The monoisotopic (exact) mass is 462 g/mol. The zero-order valence-electron chi connectivity index (χ0n) is 18.0. The molecule has 9 heteroatoms. The van der Waals surface area contributed by atoms with Gasteiger partial charge in [-0.3, -0.25) is 14.6 Å². The topological polar surface area (TPSA) is 69.1 Å². The van der Waals surface area contributed by atoms with E-state index in [9.17, 15) is 4.79 Å². The summed E-state index contributed by atoms with van der Waals surface area (Å²) >= 11 is 3.10. The van der Waals surface area contributed by atoms with Crippen LogP contribution in [0.15, 0.2) is 27.9 Å². The van der Waals surface area contributed by atoms with Gasteiger partial charge in [-0.1, -0.05) is 17.8 Å². The lowest BCUT2D eigenvalue weighted by Gasteiger charge is -2.34. The summed E-state index contributed by atoms with van der Waals surface area (Å²) in [7, 11) is 0. The summed E-state index contributed by atoms with van der Waals surface area (Å²) in [6.45, 7) is 9.56. The highest BCUT2D eigenvalue weighted by Gasteiger charge is 2.22. The number of thioether (sulfide) groups is 1. The number of hydrogen-bond acceptors (Lipinski definition) is 8. The number of aliphatic hydroxyl groups excluding tert-OH is 1. The second kappa shape index (κ2) is 10.8. The molecule has 0 atom stereocenters. The van der Waals surface area contributed by atoms with Gasteiger partial charge >= 0.3 is 0 Å². The summed E-state index contributed by atoms with van der Waals surface area (Å²) in [6.07, 6.45) is 0. The molecule has 2 aliphatic heterocycles. The first-order valence-corrected chi connectivity index (χ1v) is 12.6. The van der Waals surface area contributed by atoms with Crippen LogP contribution in [0.3, 0.4) is 0 Å². The summed E-state index contributed by atoms with van der Waals surface area (Å²) in [4.78, 5) is 23.9. The first kappa shape index (κ1) is 22.5. The molecular formula is C22H30N4O3S2. The Labute approximate surface area is 192 Å². The Morgan fingerprint density at radius 1 is 1.23 bits per heavy atom. The maximum absolute atomic E-state index is 12.8. The van der Waals surface area contributed by atoms with Crippen molar-refractivity contribution in [2.75, 3.05) is 58.2 Å². The van der Waals surface area contributed by atoms with Crippen LogP contribution in [-0.4, -0.2) is 88.9 Å². The second-order valence-corrected chi connectivity index (χ2v) is 10.1. The van der Waals surface area contributed by atoms with E-state index in [-0.39, 0.29) is 12.5 Å². The molecule has 2 aromatic rings. The highest BCUT2D eigenvalue weighted by Crippen LogP contribution is 2.27. The lowest BCUT2D eigenvalue weighted by Crippen LogP contribution is -2.46. The van der Waals surface area contributed by atoms with E-state index in [0.717, 1.165) is 60.6 Å². The van der Waals surface area contributed by atoms with E-state index in [1.807, 2.05) is 23.3 Å². The third kappa shape index (κ3) is 6.20. The fraction of sp³-hybridized carbons (Fsp3) is 0.545. The molecule has 4 rings (SSSR count). The smallest absolute Gasteiger partial charge is 0.233 e. The van der Waals surface area contributed by atoms with Gasteiger partial charge in [-0.05, 0) is 24.6 Å². The Morgan fingerprint density at radius 3 is 2.77 bits per heavy atom. The molecule has 1 amide bonds. The van der Waals surface area contributed by atoms with Crippen molar-refractivity contribution >= 4 is 29.0 Å². The van der Waals surface area contributed by atoms with Gasteiger partial charge in [0.2, 0.25) is 5.91 Å². The van der Waals surface area contributed by atoms with E-state index >= 15 is 0 Å². The number of rotatable bonds is 7. The minimum absolute atomic E-state index is 0.125. The quantitative estimate of drug-likeness (QED) is 0.632. The zero-order valence-corrected chi connectivity index (χ0v) is 19.6. The molecule has 0 radical (unpaired) electrons. The third-order valence-electron chi connectivity index (χ3n) is 5.66. The standard InChI is InChI=1S/C22H30N4O3S2/c1-17-15-30-22(23-17)31-16-21(28)26-9-11-29-20-3-2-18(12-19(20)14-26)13-25-6-4-24(5-7-25)8-10-27/h2-3,12,15,27H,4-11,13-14,16H2,1H3. The number of β-amino-alcohol motifs (C(OH)–C–C–N with tert-alkyl or cyclic N) is 1. The van der Waals surface area contributed by atoms with Crippen LogP contribution in [0, 0.1) is 6.92 Å². The average molecular weight is 463 g/mol. The molecule has 1 aromatic carbocycles. The van der Waals surface area contributed by atoms with Crippen LogP contribution in [0.4, 0.5) is 0 Å². The zero-order chi connectivity index (χ0) is 21.6. The van der Waals surface area contributed by atoms with Gasteiger partial charge in [-0.25, -0.2) is 4.98 Å². The molecule has 0 aliphatic carbocycles. The third-order valence-corrected chi connectivity index (χ3v) is 7.79. The van der Waals surface area contributed by atoms with Crippen molar-refractivity contribution in [3.05, 3.63) is 40.4 Å². The number of ether oxygens (including phenoxy) is 1. The molecule has 168 valence electrons. The Hall–Kier alpha value is -1.65. The fourth-order valence-electron chi connectivity index (χ4n) is 3.94. The maximum atomic E-state index is 12.8. The highest BCUT2D eigenvalue weighted by atomic mass is 32.2. The van der Waals surface area contributed by atoms with E-state index in [0.29, 0.717) is 25.4 Å². The number of carbonyl (C=O) groups is 1. The fourth-order valence-corrected chi connectivity index (χ4v) is 5.70. The van der Waals surface area contributed by atoms with E-state index in [4.69, 9.17) is 9.84 Å². The van der Waals surface area contributed by atoms with Crippen LogP contribution < -0.4 is 4.74 Å². The molecule has 3 heterocycles. The maximum Gasteiger partial charge on any atom is 0.233 e. The molecule has 31 heavy (non-hydrogen) atoms. The predicted octanol–water partition coefficient (Wildman–Crippen LogP) is 2.07. The van der Waals surface area contributed by atoms with Crippen LogP contribution in [0.1, 0.15) is 16.8 Å². The van der Waals surface area contributed by atoms with E-state index in [2.05, 4.69) is 26.9 Å². The van der Waals surface area contributed by atoms with Crippen molar-refractivity contribution in [3.8, 4) is 5.75 Å².